The first-order valence-corrected chi connectivity index (χ1v) is 7.17. The fraction of sp³-hybridized carbons (Fsp3) is 0.0588. The largest absolute Gasteiger partial charge is 0.339 e. The van der Waals surface area contributed by atoms with Crippen LogP contribution in [0.3, 0.4) is 0 Å². The molecular weight excluding hydrogens is 359 g/mol. The zero-order chi connectivity index (χ0) is 19.2. The minimum Gasteiger partial charge on any atom is -0.339 e. The van der Waals surface area contributed by atoms with Gasteiger partial charge in [0.05, 0.1) is 16.6 Å². The second-order valence-electron chi connectivity index (χ2n) is 5.41. The van der Waals surface area contributed by atoms with E-state index in [1.807, 2.05) is 0 Å². The minimum atomic E-state index is -1.44. The number of nitrogens with one attached hydrogen (secondary N) is 2. The van der Waals surface area contributed by atoms with Crippen molar-refractivity contribution in [1.82, 2.24) is 4.98 Å². The molecule has 0 unspecified atom stereocenters. The molecule has 0 saturated heterocycles. The molecule has 0 saturated carbocycles. The smallest absolute Gasteiger partial charge is 0.205 e. The Morgan fingerprint density at radius 3 is 2.19 bits per heavy atom. The summed E-state index contributed by atoms with van der Waals surface area (Å²) in [6.45, 7) is 0.986. The Hall–Kier alpha value is -3.23. The van der Waals surface area contributed by atoms with Gasteiger partial charge in [0.15, 0.2) is 17.4 Å². The fourth-order valence-electron chi connectivity index (χ4n) is 2.50. The van der Waals surface area contributed by atoms with Crippen LogP contribution in [0.15, 0.2) is 29.1 Å². The third-order valence-electron chi connectivity index (χ3n) is 3.68. The number of carbonyl (C=O) groups is 1. The molecule has 0 atom stereocenters. The highest BCUT2D eigenvalue weighted by atomic mass is 19.2. The summed E-state index contributed by atoms with van der Waals surface area (Å²) >= 11 is 0. The minimum absolute atomic E-state index is 0.254. The summed E-state index contributed by atoms with van der Waals surface area (Å²) < 4.78 is 68.1. The van der Waals surface area contributed by atoms with Gasteiger partial charge < -0.3 is 10.3 Å². The number of H-pyrrole nitrogens is 1. The van der Waals surface area contributed by atoms with E-state index in [0.29, 0.717) is 6.07 Å². The Morgan fingerprint density at radius 1 is 0.923 bits per heavy atom. The van der Waals surface area contributed by atoms with E-state index in [1.54, 1.807) is 0 Å². The molecule has 4 nitrogen and oxygen atoms in total. The Balaban J connectivity index is 2.31. The number of aromatic nitrogens is 1. The second kappa shape index (κ2) is 6.25. The lowest BCUT2D eigenvalue weighted by Crippen LogP contribution is -2.19. The number of hydrogen-bond acceptors (Lipinski definition) is 3. The lowest BCUT2D eigenvalue weighted by Gasteiger charge is -2.13. The third kappa shape index (κ3) is 2.81. The number of hydrogen-bond donors (Lipinski definition) is 2. The molecule has 0 aliphatic rings. The maximum Gasteiger partial charge on any atom is 0.205 e. The summed E-state index contributed by atoms with van der Waals surface area (Å²) in [4.78, 5) is 26.6. The fourth-order valence-corrected chi connectivity index (χ4v) is 2.50. The lowest BCUT2D eigenvalue weighted by atomic mass is 10.1. The molecule has 0 fully saturated rings. The number of carbonyl (C=O) groups excluding carboxylic acids is 1. The summed E-state index contributed by atoms with van der Waals surface area (Å²) in [7, 11) is 0. The van der Waals surface area contributed by atoms with Gasteiger partial charge in [0.2, 0.25) is 5.43 Å². The predicted molar refractivity (Wildman–Crippen MR) is 84.1 cm³/mol. The highest BCUT2D eigenvalue weighted by molar-refractivity contribution is 6.02. The summed E-state index contributed by atoms with van der Waals surface area (Å²) in [5, 5.41) is 1.53. The molecule has 0 aliphatic carbocycles. The van der Waals surface area contributed by atoms with Crippen molar-refractivity contribution in [3.63, 3.8) is 0 Å². The molecular formula is C17H9F5N2O2. The van der Waals surface area contributed by atoms with Crippen LogP contribution in [0.2, 0.25) is 0 Å². The molecule has 3 rings (SSSR count). The predicted octanol–water partition coefficient (Wildman–Crippen LogP) is 4.17. The van der Waals surface area contributed by atoms with E-state index >= 15 is 0 Å². The summed E-state index contributed by atoms with van der Waals surface area (Å²) in [5.41, 5.74) is -2.93. The van der Waals surface area contributed by atoms with Crippen LogP contribution in [-0.2, 0) is 0 Å². The van der Waals surface area contributed by atoms with Gasteiger partial charge in [-0.05, 0) is 19.1 Å². The van der Waals surface area contributed by atoms with Gasteiger partial charge in [0.1, 0.15) is 28.8 Å². The molecule has 0 radical (unpaired) electrons. The summed E-state index contributed by atoms with van der Waals surface area (Å²) in [6.07, 6.45) is 0. The average Bonchev–Trinajstić information content (AvgIpc) is 2.55. The van der Waals surface area contributed by atoms with E-state index in [0.717, 1.165) is 19.1 Å². The quantitative estimate of drug-likeness (QED) is 0.414. The monoisotopic (exact) mass is 368 g/mol. The molecule has 2 aromatic carbocycles. The van der Waals surface area contributed by atoms with Crippen LogP contribution in [0.25, 0.3) is 10.9 Å². The highest BCUT2D eigenvalue weighted by Crippen LogP contribution is 2.26. The van der Waals surface area contributed by atoms with Crippen molar-refractivity contribution in [2.24, 2.45) is 0 Å². The first-order valence-electron chi connectivity index (χ1n) is 7.17. The van der Waals surface area contributed by atoms with Crippen molar-refractivity contribution < 1.29 is 26.7 Å². The molecule has 134 valence electrons. The molecule has 0 spiro atoms. The molecule has 0 amide bonds. The number of halogens is 5. The van der Waals surface area contributed by atoms with Crippen LogP contribution < -0.4 is 10.7 Å². The third-order valence-corrected chi connectivity index (χ3v) is 3.68. The maximum atomic E-state index is 14.0. The number of ketones is 1. The number of fused-ring (bicyclic) bond motifs is 1. The zero-order valence-electron chi connectivity index (χ0n) is 13.0. The van der Waals surface area contributed by atoms with Crippen molar-refractivity contribution in [1.29, 1.82) is 0 Å². The normalized spacial score (nSPS) is 11.0. The summed E-state index contributed by atoms with van der Waals surface area (Å²) in [6, 6.07) is 2.19. The van der Waals surface area contributed by atoms with Crippen LogP contribution in [0.5, 0.6) is 0 Å². The Bertz CT molecular complexity index is 1120. The number of rotatable bonds is 3. The van der Waals surface area contributed by atoms with Crippen molar-refractivity contribution in [2.45, 2.75) is 6.92 Å². The van der Waals surface area contributed by atoms with E-state index in [2.05, 4.69) is 10.3 Å². The number of anilines is 2. The van der Waals surface area contributed by atoms with Crippen LogP contribution in [0.1, 0.15) is 17.3 Å². The zero-order valence-corrected chi connectivity index (χ0v) is 13.0. The van der Waals surface area contributed by atoms with Gasteiger partial charge in [-0.15, -0.1) is 0 Å². The first kappa shape index (κ1) is 17.6. The van der Waals surface area contributed by atoms with Gasteiger partial charge in [-0.1, -0.05) is 0 Å². The van der Waals surface area contributed by atoms with Gasteiger partial charge in [-0.25, -0.2) is 22.0 Å². The molecule has 1 aromatic heterocycles. The van der Waals surface area contributed by atoms with Crippen LogP contribution in [-0.4, -0.2) is 10.8 Å². The molecule has 26 heavy (non-hydrogen) atoms. The molecule has 0 bridgehead atoms. The van der Waals surface area contributed by atoms with Gasteiger partial charge in [-0.2, -0.15) is 0 Å². The topological polar surface area (TPSA) is 62.0 Å². The van der Waals surface area contributed by atoms with Crippen LogP contribution in [0.4, 0.5) is 33.5 Å². The van der Waals surface area contributed by atoms with Crippen molar-refractivity contribution >= 4 is 28.2 Å². The van der Waals surface area contributed by atoms with E-state index in [-0.39, 0.29) is 6.07 Å². The molecule has 3 aromatic rings. The number of Topliss-reactive ketones (excluding diaryl/α,β-unsaturated/α-hetero) is 1. The van der Waals surface area contributed by atoms with Gasteiger partial charge in [0.25, 0.3) is 0 Å². The Labute approximate surface area is 142 Å². The SMILES string of the molecule is CC(=O)c1c(Nc2cc(F)c(F)cc2F)[nH]c2c(F)ccc(F)c2c1=O. The summed E-state index contributed by atoms with van der Waals surface area (Å²) in [5.74, 6) is -7.43. The molecule has 1 heterocycles. The standard InChI is InChI=1S/C17H9F5N2O2/c1-6(25)13-16(26)14-7(18)2-3-8(19)15(14)24-17(13)23-12-5-10(21)9(20)4-11(12)22/h2-5H,1H3,(H2,23,24,26). The van der Waals surface area contributed by atoms with Crippen LogP contribution in [0, 0.1) is 29.1 Å². The van der Waals surface area contributed by atoms with Gasteiger partial charge in [0, 0.05) is 12.1 Å². The second-order valence-corrected chi connectivity index (χ2v) is 5.41. The molecule has 9 heteroatoms. The number of aromatic amines is 1. The maximum absolute atomic E-state index is 14.0. The Morgan fingerprint density at radius 2 is 1.54 bits per heavy atom. The average molecular weight is 368 g/mol. The molecule has 2 N–H and O–H groups in total. The van der Waals surface area contributed by atoms with E-state index in [4.69, 9.17) is 0 Å². The van der Waals surface area contributed by atoms with E-state index in [1.165, 1.54) is 0 Å². The van der Waals surface area contributed by atoms with Gasteiger partial charge >= 0.3 is 0 Å². The van der Waals surface area contributed by atoms with Crippen molar-refractivity contribution in [3.8, 4) is 0 Å². The van der Waals surface area contributed by atoms with Crippen molar-refractivity contribution in [3.05, 3.63) is 69.1 Å². The van der Waals surface area contributed by atoms with Crippen molar-refractivity contribution in [2.75, 3.05) is 5.32 Å². The lowest BCUT2D eigenvalue weighted by molar-refractivity contribution is 0.101. The van der Waals surface area contributed by atoms with E-state index < -0.39 is 68.3 Å². The van der Waals surface area contributed by atoms with Crippen LogP contribution >= 0.6 is 0 Å². The Kier molecular flexibility index (Phi) is 4.23. The molecule has 0 aliphatic heterocycles. The first-order chi connectivity index (χ1) is 12.2. The number of benzene rings is 2. The highest BCUT2D eigenvalue weighted by Gasteiger charge is 2.21. The van der Waals surface area contributed by atoms with Gasteiger partial charge in [-0.3, -0.25) is 9.59 Å². The van der Waals surface area contributed by atoms with E-state index in [9.17, 15) is 31.5 Å². The number of pyridine rings is 1.